The molecule has 0 saturated carbocycles. The highest BCUT2D eigenvalue weighted by atomic mass is 35.5. The van der Waals surface area contributed by atoms with Crippen LogP contribution in [0.25, 0.3) is 11.3 Å². The van der Waals surface area contributed by atoms with Gasteiger partial charge in [-0.15, -0.1) is 11.3 Å². The van der Waals surface area contributed by atoms with Gasteiger partial charge in [-0.1, -0.05) is 11.6 Å². The first-order valence-corrected chi connectivity index (χ1v) is 5.37. The Morgan fingerprint density at radius 2 is 2.29 bits per heavy atom. The summed E-state index contributed by atoms with van der Waals surface area (Å²) in [6, 6.07) is 4.80. The number of thiazole rings is 1. The van der Waals surface area contributed by atoms with E-state index in [4.69, 9.17) is 11.6 Å². The Balaban J connectivity index is 2.25. The van der Waals surface area contributed by atoms with E-state index in [9.17, 15) is 4.39 Å². The van der Waals surface area contributed by atoms with Gasteiger partial charge in [0.15, 0.2) is 4.47 Å². The summed E-state index contributed by atoms with van der Waals surface area (Å²) in [6.45, 7) is 0. The van der Waals surface area contributed by atoms with Gasteiger partial charge in [0.2, 0.25) is 0 Å². The summed E-state index contributed by atoms with van der Waals surface area (Å²) in [5.41, 5.74) is 2.95. The van der Waals surface area contributed by atoms with E-state index in [1.54, 1.807) is 12.1 Å². The summed E-state index contributed by atoms with van der Waals surface area (Å²) in [5.74, 6) is -0.190. The summed E-state index contributed by atoms with van der Waals surface area (Å²) in [5, 5.41) is 0. The fourth-order valence-electron chi connectivity index (χ4n) is 1.77. The van der Waals surface area contributed by atoms with Gasteiger partial charge >= 0.3 is 0 Å². The van der Waals surface area contributed by atoms with Crippen LogP contribution in [0.5, 0.6) is 0 Å². The third kappa shape index (κ3) is 1.09. The van der Waals surface area contributed by atoms with Gasteiger partial charge in [0, 0.05) is 16.9 Å². The van der Waals surface area contributed by atoms with Crippen LogP contribution in [0.15, 0.2) is 18.2 Å². The Hall–Kier alpha value is -0.930. The number of aromatic nitrogens is 1. The number of hydrogen-bond acceptors (Lipinski definition) is 2. The molecule has 0 atom stereocenters. The zero-order valence-corrected chi connectivity index (χ0v) is 8.62. The molecule has 70 valence electrons. The molecule has 1 aromatic carbocycles. The Bertz CT molecular complexity index is 521. The molecule has 0 radical (unpaired) electrons. The molecule has 0 bridgehead atoms. The maximum Gasteiger partial charge on any atom is 0.184 e. The molecular formula is C10H5ClFNS. The summed E-state index contributed by atoms with van der Waals surface area (Å²) in [7, 11) is 0. The summed E-state index contributed by atoms with van der Waals surface area (Å²) in [6.07, 6.45) is 0.757. The lowest BCUT2D eigenvalue weighted by Gasteiger charge is -1.97. The quantitative estimate of drug-likeness (QED) is 0.571. The van der Waals surface area contributed by atoms with Gasteiger partial charge < -0.3 is 0 Å². The van der Waals surface area contributed by atoms with Gasteiger partial charge in [-0.3, -0.25) is 0 Å². The predicted octanol–water partition coefficient (Wildman–Crippen LogP) is 3.51. The van der Waals surface area contributed by atoms with Crippen molar-refractivity contribution >= 4 is 22.9 Å². The van der Waals surface area contributed by atoms with Crippen LogP contribution < -0.4 is 0 Å². The van der Waals surface area contributed by atoms with Crippen molar-refractivity contribution in [3.8, 4) is 11.3 Å². The van der Waals surface area contributed by atoms with Gasteiger partial charge in [0.25, 0.3) is 0 Å². The van der Waals surface area contributed by atoms with Crippen molar-refractivity contribution in [2.45, 2.75) is 6.42 Å². The molecular weight excluding hydrogens is 221 g/mol. The van der Waals surface area contributed by atoms with E-state index >= 15 is 0 Å². The Labute approximate surface area is 89.2 Å². The van der Waals surface area contributed by atoms with Crippen LogP contribution in [-0.4, -0.2) is 4.98 Å². The van der Waals surface area contributed by atoms with E-state index in [2.05, 4.69) is 4.98 Å². The molecule has 0 N–H and O–H groups in total. The van der Waals surface area contributed by atoms with Crippen molar-refractivity contribution < 1.29 is 4.39 Å². The minimum Gasteiger partial charge on any atom is -0.225 e. The number of halogens is 2. The third-order valence-corrected chi connectivity index (χ3v) is 3.50. The molecule has 1 heterocycles. The standard InChI is InChI=1S/C10H5ClFNS/c11-10-13-9-7-2-1-6(12)3-5(7)4-8(9)14-10/h1-3H,4H2. The zero-order chi connectivity index (χ0) is 9.71. The molecule has 1 aromatic heterocycles. The number of benzene rings is 1. The lowest BCUT2D eigenvalue weighted by molar-refractivity contribution is 0.626. The van der Waals surface area contributed by atoms with Gasteiger partial charge in [0.05, 0.1) is 5.69 Å². The molecule has 2 aromatic rings. The largest absolute Gasteiger partial charge is 0.225 e. The second-order valence-electron chi connectivity index (χ2n) is 3.22. The lowest BCUT2D eigenvalue weighted by atomic mass is 10.1. The summed E-state index contributed by atoms with van der Waals surface area (Å²) < 4.78 is 13.5. The molecule has 0 unspecified atom stereocenters. The minimum absolute atomic E-state index is 0.190. The van der Waals surface area contributed by atoms with Gasteiger partial charge in [-0.2, -0.15) is 0 Å². The fraction of sp³-hybridized carbons (Fsp3) is 0.100. The highest BCUT2D eigenvalue weighted by Crippen LogP contribution is 2.40. The van der Waals surface area contributed by atoms with Crippen molar-refractivity contribution in [1.82, 2.24) is 4.98 Å². The average molecular weight is 226 g/mol. The summed E-state index contributed by atoms with van der Waals surface area (Å²) >= 11 is 7.28. The first kappa shape index (κ1) is 8.38. The number of nitrogens with zero attached hydrogens (tertiary/aromatic N) is 1. The third-order valence-electron chi connectivity index (χ3n) is 2.34. The highest BCUT2D eigenvalue weighted by molar-refractivity contribution is 7.16. The van der Waals surface area contributed by atoms with Crippen LogP contribution in [0.1, 0.15) is 10.4 Å². The van der Waals surface area contributed by atoms with Crippen molar-refractivity contribution in [1.29, 1.82) is 0 Å². The van der Waals surface area contributed by atoms with Crippen LogP contribution in [0.3, 0.4) is 0 Å². The lowest BCUT2D eigenvalue weighted by Crippen LogP contribution is -1.82. The molecule has 4 heteroatoms. The monoisotopic (exact) mass is 225 g/mol. The molecule has 0 spiro atoms. The van der Waals surface area contributed by atoms with Crippen LogP contribution in [-0.2, 0) is 6.42 Å². The fourth-order valence-corrected chi connectivity index (χ4v) is 2.95. The van der Waals surface area contributed by atoms with E-state index in [0.717, 1.165) is 28.1 Å². The number of hydrogen-bond donors (Lipinski definition) is 0. The Morgan fingerprint density at radius 1 is 1.43 bits per heavy atom. The maximum absolute atomic E-state index is 12.9. The zero-order valence-electron chi connectivity index (χ0n) is 7.05. The van der Waals surface area contributed by atoms with E-state index in [-0.39, 0.29) is 5.82 Å². The molecule has 1 aliphatic rings. The molecule has 0 fully saturated rings. The molecule has 1 nitrogen and oxygen atoms in total. The van der Waals surface area contributed by atoms with E-state index < -0.39 is 0 Å². The number of fused-ring (bicyclic) bond motifs is 3. The molecule has 3 rings (SSSR count). The highest BCUT2D eigenvalue weighted by Gasteiger charge is 2.22. The first-order valence-electron chi connectivity index (χ1n) is 4.18. The van der Waals surface area contributed by atoms with Crippen molar-refractivity contribution in [3.63, 3.8) is 0 Å². The molecule has 0 aliphatic heterocycles. The second-order valence-corrected chi connectivity index (χ2v) is 4.88. The minimum atomic E-state index is -0.190. The first-order chi connectivity index (χ1) is 6.74. The van der Waals surface area contributed by atoms with Crippen molar-refractivity contribution in [2.24, 2.45) is 0 Å². The maximum atomic E-state index is 12.9. The summed E-state index contributed by atoms with van der Waals surface area (Å²) in [4.78, 5) is 5.36. The number of rotatable bonds is 0. The van der Waals surface area contributed by atoms with E-state index in [1.807, 2.05) is 0 Å². The van der Waals surface area contributed by atoms with Gasteiger partial charge in [-0.25, -0.2) is 9.37 Å². The molecule has 14 heavy (non-hydrogen) atoms. The SMILES string of the molecule is Fc1ccc2c(c1)Cc1sc(Cl)nc1-2. The van der Waals surface area contributed by atoms with E-state index in [0.29, 0.717) is 4.47 Å². The molecule has 0 saturated heterocycles. The predicted molar refractivity (Wildman–Crippen MR) is 55.3 cm³/mol. The van der Waals surface area contributed by atoms with Crippen LogP contribution >= 0.6 is 22.9 Å². The van der Waals surface area contributed by atoms with Gasteiger partial charge in [0.1, 0.15) is 5.82 Å². The Morgan fingerprint density at radius 3 is 3.14 bits per heavy atom. The second kappa shape index (κ2) is 2.78. The molecule has 1 aliphatic carbocycles. The van der Waals surface area contributed by atoms with Gasteiger partial charge in [-0.05, 0) is 23.8 Å². The average Bonchev–Trinajstić information content (AvgIpc) is 2.59. The van der Waals surface area contributed by atoms with Crippen LogP contribution in [0.4, 0.5) is 4.39 Å². The van der Waals surface area contributed by atoms with E-state index in [1.165, 1.54) is 17.4 Å². The Kier molecular flexibility index (Phi) is 1.66. The van der Waals surface area contributed by atoms with Crippen LogP contribution in [0, 0.1) is 5.82 Å². The van der Waals surface area contributed by atoms with Crippen molar-refractivity contribution in [2.75, 3.05) is 0 Å². The molecule has 0 amide bonds. The normalized spacial score (nSPS) is 12.7. The topological polar surface area (TPSA) is 12.9 Å². The smallest absolute Gasteiger partial charge is 0.184 e. The van der Waals surface area contributed by atoms with Crippen molar-refractivity contribution in [3.05, 3.63) is 38.9 Å². The van der Waals surface area contributed by atoms with Crippen LogP contribution in [0.2, 0.25) is 4.47 Å².